The Hall–Kier alpha value is -1.49. The molecule has 2 aromatic rings. The highest BCUT2D eigenvalue weighted by molar-refractivity contribution is 7.98. The lowest BCUT2D eigenvalue weighted by Gasteiger charge is -2.12. The molecule has 96 valence electrons. The molecule has 0 fully saturated rings. The van der Waals surface area contributed by atoms with E-state index in [1.54, 1.807) is 18.1 Å². The van der Waals surface area contributed by atoms with Crippen molar-refractivity contribution in [2.75, 3.05) is 11.6 Å². The Balaban J connectivity index is 2.09. The maximum absolute atomic E-state index is 4.29. The first-order valence-corrected chi connectivity index (χ1v) is 7.20. The molecule has 0 unspecified atom stereocenters. The second-order valence-corrected chi connectivity index (χ2v) is 5.12. The summed E-state index contributed by atoms with van der Waals surface area (Å²) in [5.41, 5.74) is 1.14. The standard InChI is InChI=1S/C13H18N4S/c1-10(2)17-13(15-9-16-17)8-14-11-6-4-5-7-12(11)18-3/h4-7,9-10,14H,8H2,1-3H3. The first kappa shape index (κ1) is 13.0. The van der Waals surface area contributed by atoms with Gasteiger partial charge in [0.05, 0.1) is 6.54 Å². The van der Waals surface area contributed by atoms with E-state index in [2.05, 4.69) is 47.6 Å². The van der Waals surface area contributed by atoms with Crippen molar-refractivity contribution in [2.24, 2.45) is 0 Å². The van der Waals surface area contributed by atoms with Crippen LogP contribution < -0.4 is 5.32 Å². The number of anilines is 1. The van der Waals surface area contributed by atoms with E-state index in [1.165, 1.54) is 4.90 Å². The van der Waals surface area contributed by atoms with Gasteiger partial charge in [0.2, 0.25) is 0 Å². The zero-order valence-corrected chi connectivity index (χ0v) is 11.7. The zero-order valence-electron chi connectivity index (χ0n) is 10.9. The minimum atomic E-state index is 0.333. The summed E-state index contributed by atoms with van der Waals surface area (Å²) < 4.78 is 1.94. The van der Waals surface area contributed by atoms with E-state index in [-0.39, 0.29) is 0 Å². The predicted molar refractivity (Wildman–Crippen MR) is 76.0 cm³/mol. The molecule has 1 aromatic heterocycles. The third kappa shape index (κ3) is 2.85. The first-order chi connectivity index (χ1) is 8.72. The maximum Gasteiger partial charge on any atom is 0.146 e. The Morgan fingerprint density at radius 1 is 1.33 bits per heavy atom. The summed E-state index contributed by atoms with van der Waals surface area (Å²) >= 11 is 1.74. The molecule has 1 heterocycles. The van der Waals surface area contributed by atoms with Crippen molar-refractivity contribution < 1.29 is 0 Å². The highest BCUT2D eigenvalue weighted by Crippen LogP contribution is 2.24. The second-order valence-electron chi connectivity index (χ2n) is 4.27. The van der Waals surface area contributed by atoms with Crippen LogP contribution in [0.5, 0.6) is 0 Å². The molecule has 0 aliphatic rings. The van der Waals surface area contributed by atoms with Gasteiger partial charge in [0.25, 0.3) is 0 Å². The number of rotatable bonds is 5. The molecule has 1 aromatic carbocycles. The molecule has 18 heavy (non-hydrogen) atoms. The Labute approximate surface area is 112 Å². The van der Waals surface area contributed by atoms with E-state index < -0.39 is 0 Å². The average molecular weight is 262 g/mol. The largest absolute Gasteiger partial charge is 0.377 e. The number of hydrogen-bond acceptors (Lipinski definition) is 4. The van der Waals surface area contributed by atoms with Gasteiger partial charge in [-0.05, 0) is 32.2 Å². The van der Waals surface area contributed by atoms with Gasteiger partial charge in [-0.2, -0.15) is 5.10 Å². The molecule has 0 amide bonds. The minimum Gasteiger partial charge on any atom is -0.377 e. The van der Waals surface area contributed by atoms with Gasteiger partial charge in [-0.25, -0.2) is 9.67 Å². The van der Waals surface area contributed by atoms with Gasteiger partial charge >= 0.3 is 0 Å². The summed E-state index contributed by atoms with van der Waals surface area (Å²) in [6.45, 7) is 4.90. The summed E-state index contributed by atoms with van der Waals surface area (Å²) in [7, 11) is 0. The lowest BCUT2D eigenvalue weighted by Crippen LogP contribution is -2.12. The van der Waals surface area contributed by atoms with E-state index in [0.29, 0.717) is 12.6 Å². The molecule has 0 radical (unpaired) electrons. The third-order valence-electron chi connectivity index (χ3n) is 2.68. The summed E-state index contributed by atoms with van der Waals surface area (Å²) in [5, 5.41) is 7.65. The van der Waals surface area contributed by atoms with Gasteiger partial charge < -0.3 is 5.32 Å². The second kappa shape index (κ2) is 5.91. The fourth-order valence-corrected chi connectivity index (χ4v) is 2.37. The van der Waals surface area contributed by atoms with Crippen LogP contribution in [0.4, 0.5) is 5.69 Å². The predicted octanol–water partition coefficient (Wildman–Crippen LogP) is 3.19. The average Bonchev–Trinajstić information content (AvgIpc) is 2.85. The van der Waals surface area contributed by atoms with Crippen LogP contribution >= 0.6 is 11.8 Å². The van der Waals surface area contributed by atoms with Gasteiger partial charge in [0.15, 0.2) is 0 Å². The topological polar surface area (TPSA) is 42.7 Å². The Kier molecular flexibility index (Phi) is 4.25. The number of aromatic nitrogens is 3. The fraction of sp³-hybridized carbons (Fsp3) is 0.385. The van der Waals surface area contributed by atoms with E-state index in [9.17, 15) is 0 Å². The van der Waals surface area contributed by atoms with Crippen molar-refractivity contribution in [2.45, 2.75) is 31.3 Å². The van der Waals surface area contributed by atoms with Crippen molar-refractivity contribution in [3.63, 3.8) is 0 Å². The number of thioether (sulfide) groups is 1. The van der Waals surface area contributed by atoms with E-state index in [4.69, 9.17) is 0 Å². The van der Waals surface area contributed by atoms with Gasteiger partial charge in [0, 0.05) is 16.6 Å². The van der Waals surface area contributed by atoms with Crippen LogP contribution in [0.3, 0.4) is 0 Å². The monoisotopic (exact) mass is 262 g/mol. The molecule has 5 heteroatoms. The van der Waals surface area contributed by atoms with Crippen LogP contribution in [0.2, 0.25) is 0 Å². The van der Waals surface area contributed by atoms with Gasteiger partial charge in [-0.1, -0.05) is 12.1 Å². The van der Waals surface area contributed by atoms with Crippen molar-refractivity contribution in [1.82, 2.24) is 14.8 Å². The third-order valence-corrected chi connectivity index (χ3v) is 3.48. The molecular formula is C13H18N4S. The molecule has 0 saturated heterocycles. The number of hydrogen-bond donors (Lipinski definition) is 1. The summed E-state index contributed by atoms with van der Waals surface area (Å²) in [5.74, 6) is 0.959. The molecule has 4 nitrogen and oxygen atoms in total. The summed E-state index contributed by atoms with van der Waals surface area (Å²) in [4.78, 5) is 5.53. The van der Waals surface area contributed by atoms with Crippen molar-refractivity contribution in [3.8, 4) is 0 Å². The zero-order chi connectivity index (χ0) is 13.0. The van der Waals surface area contributed by atoms with Crippen LogP contribution in [-0.2, 0) is 6.54 Å². The summed E-state index contributed by atoms with van der Waals surface area (Å²) in [6.07, 6.45) is 3.69. The van der Waals surface area contributed by atoms with Gasteiger partial charge in [0.1, 0.15) is 12.2 Å². The molecule has 0 atom stereocenters. The number of para-hydroxylation sites is 1. The van der Waals surface area contributed by atoms with Gasteiger partial charge in [-0.15, -0.1) is 11.8 Å². The molecule has 0 bridgehead atoms. The van der Waals surface area contributed by atoms with Crippen LogP contribution in [0.1, 0.15) is 25.7 Å². The molecule has 0 saturated carbocycles. The smallest absolute Gasteiger partial charge is 0.146 e. The van der Waals surface area contributed by atoms with Crippen molar-refractivity contribution >= 4 is 17.4 Å². The van der Waals surface area contributed by atoms with Crippen LogP contribution in [0, 0.1) is 0 Å². The molecular weight excluding hydrogens is 244 g/mol. The van der Waals surface area contributed by atoms with Crippen LogP contribution in [-0.4, -0.2) is 21.0 Å². The Bertz CT molecular complexity index is 507. The van der Waals surface area contributed by atoms with Crippen LogP contribution in [0.25, 0.3) is 0 Å². The fourth-order valence-electron chi connectivity index (χ4n) is 1.80. The highest BCUT2D eigenvalue weighted by atomic mass is 32.2. The van der Waals surface area contributed by atoms with Crippen LogP contribution in [0.15, 0.2) is 35.5 Å². The number of benzene rings is 1. The molecule has 2 rings (SSSR count). The van der Waals surface area contributed by atoms with E-state index >= 15 is 0 Å². The number of nitrogens with one attached hydrogen (secondary N) is 1. The Morgan fingerprint density at radius 3 is 2.83 bits per heavy atom. The van der Waals surface area contributed by atoms with Crippen molar-refractivity contribution in [1.29, 1.82) is 0 Å². The molecule has 1 N–H and O–H groups in total. The molecule has 0 aliphatic carbocycles. The Morgan fingerprint density at radius 2 is 2.11 bits per heavy atom. The molecule has 0 spiro atoms. The highest BCUT2D eigenvalue weighted by Gasteiger charge is 2.07. The maximum atomic E-state index is 4.29. The van der Waals surface area contributed by atoms with Crippen molar-refractivity contribution in [3.05, 3.63) is 36.4 Å². The van der Waals surface area contributed by atoms with E-state index in [0.717, 1.165) is 11.5 Å². The summed E-state index contributed by atoms with van der Waals surface area (Å²) in [6, 6.07) is 8.62. The SMILES string of the molecule is CSc1ccccc1NCc1ncnn1C(C)C. The normalized spacial score (nSPS) is 10.9. The number of nitrogens with zero attached hydrogens (tertiary/aromatic N) is 3. The lowest BCUT2D eigenvalue weighted by molar-refractivity contribution is 0.509. The lowest BCUT2D eigenvalue weighted by atomic mass is 10.3. The van der Waals surface area contributed by atoms with E-state index in [1.807, 2.05) is 16.8 Å². The first-order valence-electron chi connectivity index (χ1n) is 5.97. The molecule has 0 aliphatic heterocycles. The minimum absolute atomic E-state index is 0.333. The quantitative estimate of drug-likeness (QED) is 0.840. The van der Waals surface area contributed by atoms with Gasteiger partial charge in [-0.3, -0.25) is 0 Å².